The van der Waals surface area contributed by atoms with E-state index in [0.717, 1.165) is 25.7 Å². The van der Waals surface area contributed by atoms with Gasteiger partial charge in [0.2, 0.25) is 5.91 Å². The van der Waals surface area contributed by atoms with Gasteiger partial charge in [-0.15, -0.1) is 0 Å². The van der Waals surface area contributed by atoms with E-state index in [1.807, 2.05) is 13.8 Å². The molecular weight excluding hydrogens is 532 g/mol. The van der Waals surface area contributed by atoms with Crippen molar-refractivity contribution in [1.82, 2.24) is 9.80 Å². The van der Waals surface area contributed by atoms with Crippen LogP contribution in [0.15, 0.2) is 39.8 Å². The second-order valence-corrected chi connectivity index (χ2v) is 18.8. The molecule has 1 aromatic rings. The number of likely N-dealkylation sites (tertiary alicyclic amines) is 1. The number of hydrogen-bond acceptors (Lipinski definition) is 5. The van der Waals surface area contributed by atoms with Gasteiger partial charge in [0.25, 0.3) is 5.91 Å². The molecule has 1 unspecified atom stereocenters. The van der Waals surface area contributed by atoms with Crippen LogP contribution in [-0.4, -0.2) is 70.5 Å². The van der Waals surface area contributed by atoms with E-state index in [1.165, 1.54) is 4.90 Å². The van der Waals surface area contributed by atoms with E-state index < -0.39 is 49.1 Å². The molecule has 0 radical (unpaired) electrons. The molecule has 0 spiro atoms. The average Bonchev–Trinajstić information content (AvgIpc) is 2.99. The maximum Gasteiger partial charge on any atom is 0.353 e. The third-order valence-corrected chi connectivity index (χ3v) is 15.3. The summed E-state index contributed by atoms with van der Waals surface area (Å²) in [4.78, 5) is 43.0. The molecular formula is C29H42N2O6SSi. The van der Waals surface area contributed by atoms with Crippen LogP contribution >= 0.6 is 0 Å². The monoisotopic (exact) mass is 574 g/mol. The summed E-state index contributed by atoms with van der Waals surface area (Å²) in [7, 11) is -4.11. The summed E-state index contributed by atoms with van der Waals surface area (Å²) in [6.07, 6.45) is 3.61. The number of rotatable bonds is 7. The smallest absolute Gasteiger partial charge is 0.353 e. The van der Waals surface area contributed by atoms with Crippen molar-refractivity contribution in [2.45, 2.75) is 95.5 Å². The fourth-order valence-corrected chi connectivity index (χ4v) is 8.90. The van der Waals surface area contributed by atoms with Gasteiger partial charge in [0.05, 0.1) is 44.2 Å². The van der Waals surface area contributed by atoms with Crippen LogP contribution in [0, 0.1) is 11.8 Å². The van der Waals surface area contributed by atoms with Gasteiger partial charge in [0, 0.05) is 19.0 Å². The molecule has 1 aromatic carbocycles. The van der Waals surface area contributed by atoms with Crippen LogP contribution in [0.1, 0.15) is 70.7 Å². The highest BCUT2D eigenvalue weighted by molar-refractivity contribution is 7.89. The van der Waals surface area contributed by atoms with Gasteiger partial charge >= 0.3 is 5.97 Å². The maximum absolute atomic E-state index is 14.2. The SMILES string of the molecule is C[C@@H](O[Si](C)(C)C(C)(C)C)[C@H]1C(=O)N2C(C(=O)O)=C(S(=O)c3ccccc3C(=O)N3CCCCCC3)[C@H](C)[C@@H]12. The molecule has 3 aliphatic heterocycles. The number of carboxylic acid groups (broad SMARTS) is 1. The maximum atomic E-state index is 14.2. The Hall–Kier alpha value is -2.30. The predicted molar refractivity (Wildman–Crippen MR) is 153 cm³/mol. The number of carbonyl (C=O) groups excluding carboxylic acids is 2. The molecule has 2 amide bonds. The van der Waals surface area contributed by atoms with Gasteiger partial charge in [-0.2, -0.15) is 0 Å². The first-order valence-corrected chi connectivity index (χ1v) is 18.0. The third kappa shape index (κ3) is 5.27. The van der Waals surface area contributed by atoms with Gasteiger partial charge < -0.3 is 19.3 Å². The number of β-lactam (4-membered cyclic amide) rings is 1. The Kier molecular flexibility index (Phi) is 8.32. The van der Waals surface area contributed by atoms with Gasteiger partial charge in [-0.1, -0.05) is 52.7 Å². The zero-order chi connectivity index (χ0) is 28.9. The Morgan fingerprint density at radius 1 is 1.10 bits per heavy atom. The Morgan fingerprint density at radius 2 is 1.69 bits per heavy atom. The molecule has 8 nitrogen and oxygen atoms in total. The zero-order valence-corrected chi connectivity index (χ0v) is 26.0. The Labute approximate surface area is 235 Å². The summed E-state index contributed by atoms with van der Waals surface area (Å²) in [6.45, 7) is 15.7. The van der Waals surface area contributed by atoms with Crippen molar-refractivity contribution in [3.8, 4) is 0 Å². The van der Waals surface area contributed by atoms with Crippen molar-refractivity contribution < 1.29 is 28.1 Å². The van der Waals surface area contributed by atoms with E-state index in [9.17, 15) is 23.7 Å². The molecule has 5 atom stereocenters. The van der Waals surface area contributed by atoms with Crippen molar-refractivity contribution in [1.29, 1.82) is 0 Å². The molecule has 3 aliphatic rings. The van der Waals surface area contributed by atoms with Crippen LogP contribution in [0.3, 0.4) is 0 Å². The molecule has 39 heavy (non-hydrogen) atoms. The van der Waals surface area contributed by atoms with Crippen molar-refractivity contribution in [3.63, 3.8) is 0 Å². The number of fused-ring (bicyclic) bond motifs is 1. The summed E-state index contributed by atoms with van der Waals surface area (Å²) in [5, 5.41) is 10.1. The topological polar surface area (TPSA) is 104 Å². The second-order valence-electron chi connectivity index (χ2n) is 12.6. The number of nitrogens with zero attached hydrogens (tertiary/aromatic N) is 2. The molecule has 10 heteroatoms. The van der Waals surface area contributed by atoms with Gasteiger partial charge in [-0.25, -0.2) is 9.00 Å². The lowest BCUT2D eigenvalue weighted by molar-refractivity contribution is -0.162. The van der Waals surface area contributed by atoms with Crippen molar-refractivity contribution >= 4 is 36.9 Å². The first-order chi connectivity index (χ1) is 18.2. The summed E-state index contributed by atoms with van der Waals surface area (Å²) in [5.41, 5.74) is 0.109. The lowest BCUT2D eigenvalue weighted by Crippen LogP contribution is -2.65. The van der Waals surface area contributed by atoms with Crippen LogP contribution in [0.2, 0.25) is 18.1 Å². The van der Waals surface area contributed by atoms with Gasteiger partial charge in [0.15, 0.2) is 8.32 Å². The molecule has 2 fully saturated rings. The van der Waals surface area contributed by atoms with Crippen LogP contribution in [0.25, 0.3) is 0 Å². The van der Waals surface area contributed by atoms with E-state index in [2.05, 4.69) is 33.9 Å². The summed E-state index contributed by atoms with van der Waals surface area (Å²) in [5.74, 6) is -2.76. The summed E-state index contributed by atoms with van der Waals surface area (Å²) in [6, 6.07) is 6.31. The van der Waals surface area contributed by atoms with Crippen molar-refractivity contribution in [2.24, 2.45) is 11.8 Å². The number of aliphatic carboxylic acids is 1. The highest BCUT2D eigenvalue weighted by Crippen LogP contribution is 2.50. The van der Waals surface area contributed by atoms with Gasteiger partial charge in [0.1, 0.15) is 5.70 Å². The first-order valence-electron chi connectivity index (χ1n) is 14.0. The minimum atomic E-state index is -2.18. The lowest BCUT2D eigenvalue weighted by Gasteiger charge is -2.50. The summed E-state index contributed by atoms with van der Waals surface area (Å²) < 4.78 is 20.7. The van der Waals surface area contributed by atoms with Crippen LogP contribution in [0.5, 0.6) is 0 Å². The number of benzene rings is 1. The molecule has 4 rings (SSSR count). The van der Waals surface area contributed by atoms with E-state index in [4.69, 9.17) is 4.43 Å². The fourth-order valence-electron chi connectivity index (χ4n) is 5.84. The molecule has 214 valence electrons. The largest absolute Gasteiger partial charge is 0.477 e. The number of amides is 2. The number of carbonyl (C=O) groups is 3. The third-order valence-electron chi connectivity index (χ3n) is 8.99. The van der Waals surface area contributed by atoms with Crippen LogP contribution in [-0.2, 0) is 24.8 Å². The minimum absolute atomic E-state index is 0.0458. The molecule has 2 saturated heterocycles. The van der Waals surface area contributed by atoms with Crippen molar-refractivity contribution in [3.05, 3.63) is 40.4 Å². The van der Waals surface area contributed by atoms with Gasteiger partial charge in [-0.3, -0.25) is 9.59 Å². The number of carboxylic acids is 1. The first kappa shape index (κ1) is 29.7. The highest BCUT2D eigenvalue weighted by Gasteiger charge is 2.62. The molecule has 0 aromatic heterocycles. The predicted octanol–water partition coefficient (Wildman–Crippen LogP) is 4.99. The normalized spacial score (nSPS) is 25.6. The molecule has 3 heterocycles. The Balaban J connectivity index is 1.66. The summed E-state index contributed by atoms with van der Waals surface area (Å²) >= 11 is 0. The quantitative estimate of drug-likeness (QED) is 0.363. The lowest BCUT2D eigenvalue weighted by atomic mass is 9.79. The minimum Gasteiger partial charge on any atom is -0.477 e. The van der Waals surface area contributed by atoms with E-state index in [-0.39, 0.29) is 27.5 Å². The Morgan fingerprint density at radius 3 is 2.26 bits per heavy atom. The van der Waals surface area contributed by atoms with Gasteiger partial charge in [-0.05, 0) is 50.0 Å². The zero-order valence-electron chi connectivity index (χ0n) is 24.2. The molecule has 0 saturated carbocycles. The second kappa shape index (κ2) is 10.9. The Bertz CT molecular complexity index is 1210. The van der Waals surface area contributed by atoms with Crippen molar-refractivity contribution in [2.75, 3.05) is 13.1 Å². The number of hydrogen-bond donors (Lipinski definition) is 1. The molecule has 1 N–H and O–H groups in total. The average molecular weight is 575 g/mol. The molecule has 0 aliphatic carbocycles. The fraction of sp³-hybridized carbons (Fsp3) is 0.621. The highest BCUT2D eigenvalue weighted by atomic mass is 32.2. The standard InChI is InChI=1S/C29H42N2O6SSi/c1-18-23-22(19(2)37-39(6,7)29(3,4)5)27(33)31(23)24(28(34)35)25(18)38(36)21-15-11-10-14-20(21)26(32)30-16-12-8-9-13-17-30/h10-11,14-15,18-19,22-23H,8-9,12-13,16-17H2,1-7H3,(H,34,35)/t18-,19-,22-,23+,38?/m1/s1. The van der Waals surface area contributed by atoms with E-state index in [1.54, 1.807) is 29.2 Å². The van der Waals surface area contributed by atoms with E-state index in [0.29, 0.717) is 23.5 Å². The molecule has 0 bridgehead atoms. The van der Waals surface area contributed by atoms with Crippen LogP contribution < -0.4 is 0 Å². The van der Waals surface area contributed by atoms with Crippen LogP contribution in [0.4, 0.5) is 0 Å². The van der Waals surface area contributed by atoms with E-state index >= 15 is 0 Å².